The average Bonchev–Trinajstić information content (AvgIpc) is 2.25. The van der Waals surface area contributed by atoms with E-state index in [1.807, 2.05) is 0 Å². The fourth-order valence-corrected chi connectivity index (χ4v) is 5.81. The van der Waals surface area contributed by atoms with Crippen LogP contribution >= 0.6 is 17.1 Å². The summed E-state index contributed by atoms with van der Waals surface area (Å²) in [5.41, 5.74) is -2.70. The van der Waals surface area contributed by atoms with Crippen molar-refractivity contribution in [1.29, 1.82) is 0 Å². The Morgan fingerprint density at radius 2 is 1.50 bits per heavy atom. The predicted octanol–water partition coefficient (Wildman–Crippen LogP) is 4.97. The van der Waals surface area contributed by atoms with Gasteiger partial charge in [-0.15, -0.1) is 11.4 Å². The largest absolute Gasteiger partial charge is 0.793 e. The van der Waals surface area contributed by atoms with E-state index in [1.165, 1.54) is 11.4 Å². The number of hydrogen-bond acceptors (Lipinski definition) is 4. The van der Waals surface area contributed by atoms with Gasteiger partial charge in [0.1, 0.15) is 0 Å². The second kappa shape index (κ2) is 10.3. The van der Waals surface area contributed by atoms with Gasteiger partial charge in [0, 0.05) is 30.9 Å². The van der Waals surface area contributed by atoms with E-state index in [0.29, 0.717) is 6.61 Å². The Morgan fingerprint density at radius 3 is 1.95 bits per heavy atom. The first-order chi connectivity index (χ1) is 8.54. The summed E-state index contributed by atoms with van der Waals surface area (Å²) in [5, 5.41) is 0. The Kier molecular flexibility index (Phi) is 12.3. The Morgan fingerprint density at radius 1 is 1.05 bits per heavy atom. The molecule has 0 aromatic heterocycles. The molecule has 0 radical (unpaired) electrons. The zero-order valence-electron chi connectivity index (χ0n) is 14.0. The molecule has 0 heterocycles. The minimum atomic E-state index is -2.93. The van der Waals surface area contributed by atoms with Crippen molar-refractivity contribution in [2.24, 2.45) is 10.8 Å². The molecule has 0 spiro atoms. The van der Waals surface area contributed by atoms with E-state index in [1.54, 1.807) is 0 Å². The van der Waals surface area contributed by atoms with E-state index in [2.05, 4.69) is 41.5 Å². The first-order valence-electron chi connectivity index (χ1n) is 7.14. The summed E-state index contributed by atoms with van der Waals surface area (Å²) >= 11 is 6.48. The third-order valence-corrected chi connectivity index (χ3v) is 7.67. The quantitative estimate of drug-likeness (QED) is 0.389. The van der Waals surface area contributed by atoms with Crippen LogP contribution in [0.5, 0.6) is 0 Å². The minimum Gasteiger partial charge on any atom is -0.793 e. The van der Waals surface area contributed by atoms with Crippen LogP contribution in [-0.2, 0) is 35.8 Å². The summed E-state index contributed by atoms with van der Waals surface area (Å²) in [6.07, 6.45) is 4.43. The second-order valence-electron chi connectivity index (χ2n) is 6.82. The van der Waals surface area contributed by atoms with Crippen molar-refractivity contribution in [1.82, 2.24) is 0 Å². The average molecular weight is 391 g/mol. The second-order valence-corrected chi connectivity index (χ2v) is 12.9. The first-order valence-corrected chi connectivity index (χ1v) is 11.4. The summed E-state index contributed by atoms with van der Waals surface area (Å²) < 4.78 is 5.55. The van der Waals surface area contributed by atoms with Crippen molar-refractivity contribution in [2.45, 2.75) is 67.2 Å². The maximum Gasteiger partial charge on any atom is 0.0564 e. The van der Waals surface area contributed by atoms with Crippen LogP contribution in [0.4, 0.5) is 0 Å². The van der Waals surface area contributed by atoms with Crippen LogP contribution in [-0.4, -0.2) is 12.4 Å². The molecule has 6 heteroatoms. The number of rotatable bonds is 10. The van der Waals surface area contributed by atoms with Gasteiger partial charge in [0.05, 0.1) is 6.61 Å². The maximum absolute atomic E-state index is 12.3. The van der Waals surface area contributed by atoms with E-state index in [-0.39, 0.29) is 30.3 Å². The van der Waals surface area contributed by atoms with Gasteiger partial charge in [0.25, 0.3) is 0 Å². The van der Waals surface area contributed by atoms with Crippen molar-refractivity contribution < 1.29 is 28.9 Å². The summed E-state index contributed by atoms with van der Waals surface area (Å²) in [7, 11) is 0. The molecule has 1 atom stereocenters. The monoisotopic (exact) mass is 389 g/mol. The zero-order valence-corrected chi connectivity index (χ0v) is 19.5. The Hall–Kier alpha value is 1.54. The molecule has 0 saturated carbocycles. The van der Waals surface area contributed by atoms with E-state index in [9.17, 15) is 4.89 Å². The molecule has 20 heavy (non-hydrogen) atoms. The zero-order chi connectivity index (χ0) is 15.2. The van der Waals surface area contributed by atoms with Crippen LogP contribution in [0.1, 0.15) is 67.2 Å². The van der Waals surface area contributed by atoms with Gasteiger partial charge >= 0.3 is 0 Å². The van der Waals surface area contributed by atoms with Gasteiger partial charge in [-0.3, -0.25) is 0 Å². The molecule has 0 N–H and O–H groups in total. The molecule has 0 aliphatic rings. The standard InChI is InChI=1S/C14H31O2PS2.Zn/c1-7-9-13(3,4)11-16-17(15,18)19-12-14(5,6)10-8-2;/h7-12H2,1-6H3,(H,15,18);/p-1. The third-order valence-electron chi connectivity index (χ3n) is 3.08. The van der Waals surface area contributed by atoms with Gasteiger partial charge in [-0.05, 0) is 23.7 Å². The van der Waals surface area contributed by atoms with E-state index in [0.717, 1.165) is 31.4 Å². The maximum atomic E-state index is 12.3. The molecule has 2 nitrogen and oxygen atoms in total. The Balaban J connectivity index is 0. The summed E-state index contributed by atoms with van der Waals surface area (Å²) in [4.78, 5) is 12.3. The van der Waals surface area contributed by atoms with Crippen LogP contribution < -0.4 is 4.89 Å². The molecular weight excluding hydrogens is 361 g/mol. The molecule has 0 saturated heterocycles. The molecule has 0 aliphatic heterocycles. The van der Waals surface area contributed by atoms with Crippen molar-refractivity contribution in [3.63, 3.8) is 0 Å². The summed E-state index contributed by atoms with van der Waals surface area (Å²) in [6.45, 7) is 13.5. The van der Waals surface area contributed by atoms with E-state index < -0.39 is 5.69 Å². The van der Waals surface area contributed by atoms with Crippen LogP contribution in [0, 0.1) is 10.8 Å². The number of hydrogen-bond donors (Lipinski definition) is 0. The molecular formula is C14H30O2PS2Zn-. The van der Waals surface area contributed by atoms with E-state index >= 15 is 0 Å². The molecule has 0 aromatic rings. The van der Waals surface area contributed by atoms with Crippen LogP contribution in [0.25, 0.3) is 0 Å². The molecule has 0 fully saturated rings. The van der Waals surface area contributed by atoms with Crippen LogP contribution in [0.15, 0.2) is 0 Å². The Labute approximate surface area is 147 Å². The fraction of sp³-hybridized carbons (Fsp3) is 1.00. The normalized spacial score (nSPS) is 15.6. The Bertz CT molecular complexity index is 284. The molecule has 0 rings (SSSR count). The van der Waals surface area contributed by atoms with Crippen molar-refractivity contribution in [3.8, 4) is 0 Å². The third kappa shape index (κ3) is 12.1. The predicted molar refractivity (Wildman–Crippen MR) is 90.1 cm³/mol. The van der Waals surface area contributed by atoms with Gasteiger partial charge in [0.2, 0.25) is 0 Å². The summed E-state index contributed by atoms with van der Waals surface area (Å²) in [5.74, 6) is 0.801. The minimum absolute atomic E-state index is 0. The van der Waals surface area contributed by atoms with Crippen molar-refractivity contribution in [2.75, 3.05) is 12.4 Å². The topological polar surface area (TPSA) is 32.3 Å². The van der Waals surface area contributed by atoms with Gasteiger partial charge in [-0.25, -0.2) is 0 Å². The molecule has 0 aromatic carbocycles. The molecule has 1 unspecified atom stereocenters. The van der Waals surface area contributed by atoms with Gasteiger partial charge in [0.15, 0.2) is 0 Å². The van der Waals surface area contributed by atoms with E-state index in [4.69, 9.17) is 16.3 Å². The summed E-state index contributed by atoms with van der Waals surface area (Å²) in [6, 6.07) is 0. The van der Waals surface area contributed by atoms with Gasteiger partial charge in [-0.1, -0.05) is 66.2 Å². The SMILES string of the molecule is CCCC(C)(C)COP([O-])(=S)SCC(C)(C)CCC.[Zn]. The smallest absolute Gasteiger partial charge is 0.0564 e. The molecule has 0 amide bonds. The van der Waals surface area contributed by atoms with Crippen LogP contribution in [0.2, 0.25) is 0 Å². The molecule has 118 valence electrons. The van der Waals surface area contributed by atoms with Gasteiger partial charge in [-0.2, -0.15) is 0 Å². The van der Waals surface area contributed by atoms with Crippen molar-refractivity contribution >= 4 is 28.9 Å². The first kappa shape index (κ1) is 23.8. The molecule has 0 aliphatic carbocycles. The van der Waals surface area contributed by atoms with Crippen molar-refractivity contribution in [3.05, 3.63) is 0 Å². The fourth-order valence-electron chi connectivity index (χ4n) is 2.04. The van der Waals surface area contributed by atoms with Gasteiger partial charge < -0.3 is 9.42 Å². The molecule has 0 bridgehead atoms. The van der Waals surface area contributed by atoms with Crippen LogP contribution in [0.3, 0.4) is 0 Å².